The van der Waals surface area contributed by atoms with Crippen LogP contribution in [0, 0.1) is 13.8 Å². The second-order valence-corrected chi connectivity index (χ2v) is 9.81. The van der Waals surface area contributed by atoms with E-state index in [1.165, 1.54) is 23.3 Å². The van der Waals surface area contributed by atoms with Gasteiger partial charge in [0.2, 0.25) is 15.9 Å². The molecule has 2 heterocycles. The van der Waals surface area contributed by atoms with Gasteiger partial charge < -0.3 is 0 Å². The fraction of sp³-hybridized carbons (Fsp3) is 0.316. The molecule has 0 radical (unpaired) electrons. The first-order valence-corrected chi connectivity index (χ1v) is 11.3. The van der Waals surface area contributed by atoms with Gasteiger partial charge in [-0.3, -0.25) is 14.7 Å². The molecule has 9 heteroatoms. The second-order valence-electron chi connectivity index (χ2n) is 6.71. The fourth-order valence-corrected chi connectivity index (χ4v) is 4.05. The molecule has 0 spiro atoms. The lowest BCUT2D eigenvalue weighted by atomic mass is 10.1. The SMILES string of the molecule is Cc1ccc2sc(N(Cc3cccnc3)C(=O)CN(C)S(C)(=O)=O)nc2c1C. The van der Waals surface area contributed by atoms with E-state index < -0.39 is 10.0 Å². The molecule has 0 atom stereocenters. The van der Waals surface area contributed by atoms with Gasteiger partial charge in [0.15, 0.2) is 5.13 Å². The molecule has 28 heavy (non-hydrogen) atoms. The van der Waals surface area contributed by atoms with Crippen molar-refractivity contribution < 1.29 is 13.2 Å². The predicted molar refractivity (Wildman–Crippen MR) is 112 cm³/mol. The highest BCUT2D eigenvalue weighted by atomic mass is 32.2. The van der Waals surface area contributed by atoms with Crippen molar-refractivity contribution in [2.75, 3.05) is 24.7 Å². The van der Waals surface area contributed by atoms with Crippen LogP contribution in [0.1, 0.15) is 16.7 Å². The number of anilines is 1. The summed E-state index contributed by atoms with van der Waals surface area (Å²) < 4.78 is 25.5. The van der Waals surface area contributed by atoms with E-state index in [-0.39, 0.29) is 19.0 Å². The first kappa shape index (κ1) is 20.4. The van der Waals surface area contributed by atoms with E-state index >= 15 is 0 Å². The summed E-state index contributed by atoms with van der Waals surface area (Å²) in [4.78, 5) is 23.3. The number of pyridine rings is 1. The van der Waals surface area contributed by atoms with Crippen molar-refractivity contribution in [1.82, 2.24) is 14.3 Å². The van der Waals surface area contributed by atoms with E-state index in [1.54, 1.807) is 18.5 Å². The Morgan fingerprint density at radius 2 is 1.96 bits per heavy atom. The van der Waals surface area contributed by atoms with Crippen LogP contribution in [0.15, 0.2) is 36.7 Å². The Hall–Kier alpha value is -2.36. The molecule has 1 aromatic carbocycles. The molecule has 1 amide bonds. The maximum atomic E-state index is 13.0. The number of carbonyl (C=O) groups excluding carboxylic acids is 1. The fourth-order valence-electron chi connectivity index (χ4n) is 2.66. The van der Waals surface area contributed by atoms with Gasteiger partial charge in [-0.15, -0.1) is 0 Å². The number of benzene rings is 1. The Bertz CT molecular complexity index is 1110. The van der Waals surface area contributed by atoms with Crippen LogP contribution >= 0.6 is 11.3 Å². The van der Waals surface area contributed by atoms with E-state index in [2.05, 4.69) is 4.98 Å². The number of fused-ring (bicyclic) bond motifs is 1. The van der Waals surface area contributed by atoms with Gasteiger partial charge in [0.1, 0.15) is 0 Å². The molecule has 7 nitrogen and oxygen atoms in total. The first-order valence-electron chi connectivity index (χ1n) is 8.64. The van der Waals surface area contributed by atoms with Crippen LogP contribution in [-0.2, 0) is 21.4 Å². The Morgan fingerprint density at radius 3 is 2.61 bits per heavy atom. The van der Waals surface area contributed by atoms with Gasteiger partial charge in [-0.2, -0.15) is 4.31 Å². The van der Waals surface area contributed by atoms with Crippen LogP contribution in [0.3, 0.4) is 0 Å². The summed E-state index contributed by atoms with van der Waals surface area (Å²) in [6.45, 7) is 4.04. The predicted octanol–water partition coefficient (Wildman–Crippen LogP) is 2.73. The summed E-state index contributed by atoms with van der Waals surface area (Å²) in [5.74, 6) is -0.342. The molecule has 0 aliphatic heterocycles. The van der Waals surface area contributed by atoms with E-state index in [0.29, 0.717) is 5.13 Å². The number of hydrogen-bond acceptors (Lipinski definition) is 6. The number of likely N-dealkylation sites (N-methyl/N-ethyl adjacent to an activating group) is 1. The van der Waals surface area contributed by atoms with Crippen LogP contribution < -0.4 is 4.90 Å². The highest BCUT2D eigenvalue weighted by Gasteiger charge is 2.24. The number of carbonyl (C=O) groups is 1. The van der Waals surface area contributed by atoms with Crippen LogP contribution in [0.2, 0.25) is 0 Å². The van der Waals surface area contributed by atoms with Crippen molar-refractivity contribution in [1.29, 1.82) is 0 Å². The molecule has 0 saturated carbocycles. The zero-order chi connectivity index (χ0) is 20.5. The van der Waals surface area contributed by atoms with Gasteiger partial charge in [-0.05, 0) is 42.7 Å². The molecular weight excluding hydrogens is 396 g/mol. The van der Waals surface area contributed by atoms with Crippen LogP contribution in [0.5, 0.6) is 0 Å². The highest BCUT2D eigenvalue weighted by molar-refractivity contribution is 7.88. The van der Waals surface area contributed by atoms with Crippen LogP contribution in [0.25, 0.3) is 10.2 Å². The van der Waals surface area contributed by atoms with Crippen LogP contribution in [0.4, 0.5) is 5.13 Å². The van der Waals surface area contributed by atoms with Crippen molar-refractivity contribution in [3.05, 3.63) is 53.3 Å². The molecule has 0 aliphatic carbocycles. The molecule has 0 fully saturated rings. The Labute approximate surface area is 168 Å². The zero-order valence-electron chi connectivity index (χ0n) is 16.2. The number of aromatic nitrogens is 2. The van der Waals surface area contributed by atoms with Crippen LogP contribution in [-0.4, -0.2) is 48.4 Å². The molecule has 0 unspecified atom stereocenters. The molecule has 0 bridgehead atoms. The lowest BCUT2D eigenvalue weighted by molar-refractivity contribution is -0.118. The molecular formula is C19H22N4O3S2. The van der Waals surface area contributed by atoms with E-state index in [4.69, 9.17) is 4.98 Å². The number of amides is 1. The number of rotatable bonds is 6. The molecule has 3 aromatic rings. The van der Waals surface area contributed by atoms with Gasteiger partial charge in [0.05, 0.1) is 29.6 Å². The Kier molecular flexibility index (Phi) is 5.78. The maximum absolute atomic E-state index is 13.0. The molecule has 0 saturated heterocycles. The maximum Gasteiger partial charge on any atom is 0.244 e. The summed E-state index contributed by atoms with van der Waals surface area (Å²) in [5.41, 5.74) is 3.90. The molecule has 0 aliphatic rings. The zero-order valence-corrected chi connectivity index (χ0v) is 17.8. The number of aryl methyl sites for hydroxylation is 2. The number of thiazole rings is 1. The number of sulfonamides is 1. The average Bonchev–Trinajstić information content (AvgIpc) is 3.07. The summed E-state index contributed by atoms with van der Waals surface area (Å²) in [6, 6.07) is 7.70. The third kappa shape index (κ3) is 4.37. The summed E-state index contributed by atoms with van der Waals surface area (Å²) in [6.07, 6.45) is 4.43. The van der Waals surface area contributed by atoms with Crippen molar-refractivity contribution in [2.24, 2.45) is 0 Å². The van der Waals surface area contributed by atoms with E-state index in [9.17, 15) is 13.2 Å². The Balaban J connectivity index is 2.00. The van der Waals surface area contributed by atoms with Crippen molar-refractivity contribution in [2.45, 2.75) is 20.4 Å². The largest absolute Gasteiger partial charge is 0.282 e. The summed E-state index contributed by atoms with van der Waals surface area (Å²) in [7, 11) is -2.08. The van der Waals surface area contributed by atoms with Gasteiger partial charge in [0.25, 0.3) is 0 Å². The molecule has 148 valence electrons. The first-order chi connectivity index (χ1) is 13.2. The number of nitrogens with zero attached hydrogens (tertiary/aromatic N) is 4. The molecule has 3 rings (SSSR count). The summed E-state index contributed by atoms with van der Waals surface area (Å²) in [5, 5.41) is 0.541. The van der Waals surface area contributed by atoms with E-state index in [1.807, 2.05) is 32.0 Å². The molecule has 0 N–H and O–H groups in total. The summed E-state index contributed by atoms with van der Waals surface area (Å²) >= 11 is 1.42. The Morgan fingerprint density at radius 1 is 1.21 bits per heavy atom. The average molecular weight is 419 g/mol. The third-order valence-electron chi connectivity index (χ3n) is 4.59. The number of hydrogen-bond donors (Lipinski definition) is 0. The van der Waals surface area contributed by atoms with E-state index in [0.717, 1.165) is 37.5 Å². The van der Waals surface area contributed by atoms with Crippen molar-refractivity contribution in [3.63, 3.8) is 0 Å². The minimum absolute atomic E-state index is 0.257. The smallest absolute Gasteiger partial charge is 0.244 e. The lowest BCUT2D eigenvalue weighted by Gasteiger charge is -2.22. The molecule has 2 aromatic heterocycles. The third-order valence-corrected chi connectivity index (χ3v) is 6.90. The minimum atomic E-state index is -3.47. The van der Waals surface area contributed by atoms with Crippen molar-refractivity contribution >= 4 is 42.6 Å². The lowest BCUT2D eigenvalue weighted by Crippen LogP contribution is -2.40. The van der Waals surface area contributed by atoms with Gasteiger partial charge in [0, 0.05) is 19.4 Å². The monoisotopic (exact) mass is 418 g/mol. The standard InChI is InChI=1S/C19H22N4O3S2/c1-13-7-8-16-18(14(13)2)21-19(27-16)23(11-15-6-5-9-20-10-15)17(24)12-22(3)28(4,25)26/h5-10H,11-12H2,1-4H3. The van der Waals surface area contributed by atoms with Crippen molar-refractivity contribution in [3.8, 4) is 0 Å². The highest BCUT2D eigenvalue weighted by Crippen LogP contribution is 2.32. The van der Waals surface area contributed by atoms with Gasteiger partial charge in [-0.25, -0.2) is 13.4 Å². The van der Waals surface area contributed by atoms with Gasteiger partial charge in [-0.1, -0.05) is 23.5 Å². The van der Waals surface area contributed by atoms with Gasteiger partial charge >= 0.3 is 0 Å². The quantitative estimate of drug-likeness (QED) is 0.615. The minimum Gasteiger partial charge on any atom is -0.282 e. The second kappa shape index (κ2) is 7.94. The normalized spacial score (nSPS) is 11.9. The topological polar surface area (TPSA) is 83.5 Å².